The minimum atomic E-state index is -0.332. The van der Waals surface area contributed by atoms with Gasteiger partial charge in [0.1, 0.15) is 0 Å². The van der Waals surface area contributed by atoms with E-state index in [2.05, 4.69) is 25.5 Å². The molecule has 2 amide bonds. The van der Waals surface area contributed by atoms with Crippen LogP contribution in [0.3, 0.4) is 0 Å². The molecule has 6 nitrogen and oxygen atoms in total. The molecule has 1 rings (SSSR count). The van der Waals surface area contributed by atoms with Gasteiger partial charge < -0.3 is 20.3 Å². The fraction of sp³-hybridized carbons (Fsp3) is 0.857. The SMILES string of the molecule is COC(=O)N1CCN(C(=O)CC(N)CC(C)(C)C)CC1. The van der Waals surface area contributed by atoms with Crippen LogP contribution in [0.15, 0.2) is 0 Å². The third-order valence-electron chi connectivity index (χ3n) is 3.38. The standard InChI is InChI=1S/C14H27N3O3/c1-14(2,3)10-11(15)9-12(18)16-5-7-17(8-6-16)13(19)20-4/h11H,5-10,15H2,1-4H3. The Bertz CT molecular complexity index is 344. The fourth-order valence-electron chi connectivity index (χ4n) is 2.48. The lowest BCUT2D eigenvalue weighted by Crippen LogP contribution is -2.51. The van der Waals surface area contributed by atoms with Crippen LogP contribution < -0.4 is 5.73 Å². The van der Waals surface area contributed by atoms with Gasteiger partial charge in [0.05, 0.1) is 7.11 Å². The molecule has 1 atom stereocenters. The van der Waals surface area contributed by atoms with Crippen LogP contribution in [0.25, 0.3) is 0 Å². The van der Waals surface area contributed by atoms with Crippen molar-refractivity contribution in [1.82, 2.24) is 9.80 Å². The van der Waals surface area contributed by atoms with E-state index in [9.17, 15) is 9.59 Å². The maximum Gasteiger partial charge on any atom is 0.409 e. The van der Waals surface area contributed by atoms with Crippen LogP contribution in [0, 0.1) is 5.41 Å². The molecule has 0 bridgehead atoms. The second-order valence-electron chi connectivity index (χ2n) is 6.57. The predicted molar refractivity (Wildman–Crippen MR) is 77.2 cm³/mol. The Morgan fingerprint density at radius 3 is 2.10 bits per heavy atom. The van der Waals surface area contributed by atoms with Crippen molar-refractivity contribution in [3.8, 4) is 0 Å². The van der Waals surface area contributed by atoms with Gasteiger partial charge in [-0.25, -0.2) is 4.79 Å². The molecule has 0 aromatic rings. The molecule has 2 N–H and O–H groups in total. The van der Waals surface area contributed by atoms with E-state index in [1.807, 2.05) is 0 Å². The molecule has 1 heterocycles. The molecule has 0 aromatic heterocycles. The van der Waals surface area contributed by atoms with Gasteiger partial charge in [-0.1, -0.05) is 20.8 Å². The Balaban J connectivity index is 2.38. The maximum absolute atomic E-state index is 12.2. The number of carbonyl (C=O) groups excluding carboxylic acids is 2. The predicted octanol–water partition coefficient (Wildman–Crippen LogP) is 1.05. The highest BCUT2D eigenvalue weighted by atomic mass is 16.5. The minimum absolute atomic E-state index is 0.0752. The molecule has 0 spiro atoms. The molecule has 0 saturated carbocycles. The van der Waals surface area contributed by atoms with Crippen LogP contribution in [0.4, 0.5) is 4.79 Å². The second-order valence-corrected chi connectivity index (χ2v) is 6.57. The quantitative estimate of drug-likeness (QED) is 0.841. The lowest BCUT2D eigenvalue weighted by Gasteiger charge is -2.34. The lowest BCUT2D eigenvalue weighted by atomic mass is 9.87. The third-order valence-corrected chi connectivity index (χ3v) is 3.38. The summed E-state index contributed by atoms with van der Waals surface area (Å²) >= 11 is 0. The van der Waals surface area contributed by atoms with Crippen molar-refractivity contribution >= 4 is 12.0 Å². The molecule has 20 heavy (non-hydrogen) atoms. The number of ether oxygens (including phenoxy) is 1. The minimum Gasteiger partial charge on any atom is -0.453 e. The number of rotatable bonds is 3. The van der Waals surface area contributed by atoms with Gasteiger partial charge in [-0.3, -0.25) is 4.79 Å². The van der Waals surface area contributed by atoms with E-state index in [1.165, 1.54) is 7.11 Å². The van der Waals surface area contributed by atoms with E-state index in [-0.39, 0.29) is 23.5 Å². The van der Waals surface area contributed by atoms with Crippen LogP contribution in [0.5, 0.6) is 0 Å². The van der Waals surface area contributed by atoms with E-state index < -0.39 is 0 Å². The van der Waals surface area contributed by atoms with E-state index in [4.69, 9.17) is 5.73 Å². The first kappa shape index (κ1) is 16.8. The van der Waals surface area contributed by atoms with E-state index in [0.717, 1.165) is 6.42 Å². The molecule has 1 aliphatic rings. The normalized spacial score (nSPS) is 17.9. The van der Waals surface area contributed by atoms with Gasteiger partial charge in [0, 0.05) is 38.6 Å². The zero-order valence-electron chi connectivity index (χ0n) is 13.0. The molecular formula is C14H27N3O3. The highest BCUT2D eigenvalue weighted by Crippen LogP contribution is 2.21. The van der Waals surface area contributed by atoms with Gasteiger partial charge >= 0.3 is 6.09 Å². The highest BCUT2D eigenvalue weighted by Gasteiger charge is 2.26. The molecule has 6 heteroatoms. The molecule has 1 unspecified atom stereocenters. The van der Waals surface area contributed by atoms with Crippen molar-refractivity contribution in [2.24, 2.45) is 11.1 Å². The third kappa shape index (κ3) is 5.36. The van der Waals surface area contributed by atoms with E-state index >= 15 is 0 Å². The summed E-state index contributed by atoms with van der Waals surface area (Å²) in [6.45, 7) is 8.50. The van der Waals surface area contributed by atoms with Crippen molar-refractivity contribution in [3.05, 3.63) is 0 Å². The summed E-state index contributed by atoms with van der Waals surface area (Å²) < 4.78 is 4.67. The summed E-state index contributed by atoms with van der Waals surface area (Å²) in [7, 11) is 1.37. The number of nitrogens with two attached hydrogens (primary N) is 1. The fourth-order valence-corrected chi connectivity index (χ4v) is 2.48. The van der Waals surface area contributed by atoms with Crippen molar-refractivity contribution in [1.29, 1.82) is 0 Å². The molecule has 0 aromatic carbocycles. The average Bonchev–Trinajstić information content (AvgIpc) is 2.35. The Morgan fingerprint density at radius 1 is 1.15 bits per heavy atom. The number of methoxy groups -OCH3 is 1. The van der Waals surface area contributed by atoms with Gasteiger partial charge in [0.15, 0.2) is 0 Å². The zero-order valence-corrected chi connectivity index (χ0v) is 13.0. The van der Waals surface area contributed by atoms with E-state index in [0.29, 0.717) is 32.6 Å². The van der Waals surface area contributed by atoms with Gasteiger partial charge in [0.25, 0.3) is 0 Å². The van der Waals surface area contributed by atoms with Crippen molar-refractivity contribution in [3.63, 3.8) is 0 Å². The number of carbonyl (C=O) groups is 2. The summed E-state index contributed by atoms with van der Waals surface area (Å²) in [5, 5.41) is 0. The Kier molecular flexibility index (Phi) is 5.80. The number of amides is 2. The second kappa shape index (κ2) is 6.92. The van der Waals surface area contributed by atoms with Crippen molar-refractivity contribution in [2.45, 2.75) is 39.7 Å². The topological polar surface area (TPSA) is 75.9 Å². The first-order chi connectivity index (χ1) is 9.23. The van der Waals surface area contributed by atoms with E-state index in [1.54, 1.807) is 9.80 Å². The Morgan fingerprint density at radius 2 is 1.65 bits per heavy atom. The average molecular weight is 285 g/mol. The Labute approximate surface area is 121 Å². The van der Waals surface area contributed by atoms with Crippen LogP contribution >= 0.6 is 0 Å². The lowest BCUT2D eigenvalue weighted by molar-refractivity contribution is -0.133. The number of piperazine rings is 1. The molecule has 0 radical (unpaired) electrons. The molecule has 1 fully saturated rings. The molecule has 1 aliphatic heterocycles. The number of nitrogens with zero attached hydrogens (tertiary/aromatic N) is 2. The molecular weight excluding hydrogens is 258 g/mol. The van der Waals surface area contributed by atoms with Gasteiger partial charge in [-0.05, 0) is 11.8 Å². The first-order valence-corrected chi connectivity index (χ1v) is 7.09. The zero-order chi connectivity index (χ0) is 15.3. The highest BCUT2D eigenvalue weighted by molar-refractivity contribution is 5.77. The Hall–Kier alpha value is -1.30. The summed E-state index contributed by atoms with van der Waals surface area (Å²) in [5.41, 5.74) is 6.16. The van der Waals surface area contributed by atoms with Crippen LogP contribution in [0.1, 0.15) is 33.6 Å². The number of hydrogen-bond acceptors (Lipinski definition) is 4. The largest absolute Gasteiger partial charge is 0.453 e. The summed E-state index contributed by atoms with van der Waals surface area (Å²) in [5.74, 6) is 0.0752. The molecule has 0 aliphatic carbocycles. The summed E-state index contributed by atoms with van der Waals surface area (Å²) in [6.07, 6.45) is 0.859. The van der Waals surface area contributed by atoms with Crippen LogP contribution in [-0.2, 0) is 9.53 Å². The monoisotopic (exact) mass is 285 g/mol. The van der Waals surface area contributed by atoms with Crippen LogP contribution in [-0.4, -0.2) is 61.1 Å². The summed E-state index contributed by atoms with van der Waals surface area (Å²) in [4.78, 5) is 26.9. The van der Waals surface area contributed by atoms with Gasteiger partial charge in [0.2, 0.25) is 5.91 Å². The van der Waals surface area contributed by atoms with Crippen molar-refractivity contribution < 1.29 is 14.3 Å². The maximum atomic E-state index is 12.2. The molecule has 116 valence electrons. The van der Waals surface area contributed by atoms with Gasteiger partial charge in [-0.2, -0.15) is 0 Å². The first-order valence-electron chi connectivity index (χ1n) is 7.09. The smallest absolute Gasteiger partial charge is 0.409 e. The number of hydrogen-bond donors (Lipinski definition) is 1. The molecule has 1 saturated heterocycles. The van der Waals surface area contributed by atoms with Crippen LogP contribution in [0.2, 0.25) is 0 Å². The van der Waals surface area contributed by atoms with Crippen molar-refractivity contribution in [2.75, 3.05) is 33.3 Å². The summed E-state index contributed by atoms with van der Waals surface area (Å²) in [6, 6.07) is -0.110. The van der Waals surface area contributed by atoms with Gasteiger partial charge in [-0.15, -0.1) is 0 Å².